The summed E-state index contributed by atoms with van der Waals surface area (Å²) < 4.78 is 0. The number of aromatic nitrogens is 1. The van der Waals surface area contributed by atoms with Gasteiger partial charge in [0.1, 0.15) is 0 Å². The summed E-state index contributed by atoms with van der Waals surface area (Å²) in [7, 11) is 0. The van der Waals surface area contributed by atoms with E-state index < -0.39 is 0 Å². The first-order chi connectivity index (χ1) is 8.72. The molecular weight excluding hydrogens is 248 g/mol. The van der Waals surface area contributed by atoms with Crippen LogP contribution in [0.3, 0.4) is 0 Å². The lowest BCUT2D eigenvalue weighted by Gasteiger charge is -2.08. The Hall–Kier alpha value is -1.32. The minimum Gasteiger partial charge on any atom is -0.322 e. The molecule has 1 saturated heterocycles. The molecule has 0 spiro atoms. The van der Waals surface area contributed by atoms with Gasteiger partial charge < -0.3 is 10.3 Å². The number of hydrogen-bond donors (Lipinski definition) is 2. The van der Waals surface area contributed by atoms with Gasteiger partial charge in [0.15, 0.2) is 0 Å². The van der Waals surface area contributed by atoms with Crippen molar-refractivity contribution < 1.29 is 0 Å². The minimum atomic E-state index is 0.0108. The Morgan fingerprint density at radius 3 is 3.00 bits per heavy atom. The van der Waals surface area contributed by atoms with Gasteiger partial charge in [0, 0.05) is 16.1 Å². The average Bonchev–Trinajstić information content (AvgIpc) is 2.83. The number of hydrogen-bond acceptors (Lipinski definition) is 2. The highest BCUT2D eigenvalue weighted by Crippen LogP contribution is 2.19. The quantitative estimate of drug-likeness (QED) is 0.873. The fourth-order valence-electron chi connectivity index (χ4n) is 2.57. The van der Waals surface area contributed by atoms with E-state index in [0.717, 1.165) is 42.4 Å². The largest absolute Gasteiger partial charge is 0.322 e. The fourth-order valence-corrected chi connectivity index (χ4v) is 2.74. The molecule has 1 aromatic carbocycles. The molecule has 2 aromatic rings. The van der Waals surface area contributed by atoms with Crippen molar-refractivity contribution in [3.05, 3.63) is 45.2 Å². The van der Waals surface area contributed by atoms with Crippen molar-refractivity contribution in [1.82, 2.24) is 10.3 Å². The number of rotatable bonds is 2. The van der Waals surface area contributed by atoms with Gasteiger partial charge in [-0.25, -0.2) is 0 Å². The summed E-state index contributed by atoms with van der Waals surface area (Å²) in [6.07, 6.45) is 2.00. The lowest BCUT2D eigenvalue weighted by atomic mass is 9.99. The van der Waals surface area contributed by atoms with Crippen molar-refractivity contribution in [3.63, 3.8) is 0 Å². The molecule has 0 bridgehead atoms. The molecule has 94 valence electrons. The van der Waals surface area contributed by atoms with E-state index in [0.29, 0.717) is 10.9 Å². The smallest absolute Gasteiger partial charge is 0.251 e. The fraction of sp³-hybridized carbons (Fsp3) is 0.357. The molecule has 2 heterocycles. The van der Waals surface area contributed by atoms with Gasteiger partial charge >= 0.3 is 0 Å². The summed E-state index contributed by atoms with van der Waals surface area (Å²) in [6, 6.07) is 7.58. The molecular formula is C14H15ClN2O. The van der Waals surface area contributed by atoms with Gasteiger partial charge in [-0.05, 0) is 55.4 Å². The van der Waals surface area contributed by atoms with Crippen molar-refractivity contribution >= 4 is 22.5 Å². The van der Waals surface area contributed by atoms with Crippen LogP contribution in [0.5, 0.6) is 0 Å². The van der Waals surface area contributed by atoms with E-state index in [1.54, 1.807) is 6.07 Å². The summed E-state index contributed by atoms with van der Waals surface area (Å²) in [5.74, 6) is 0.579. The standard InChI is InChI=1S/C14H15ClN2O/c15-12-2-1-10-6-11(5-9-3-4-16-8-9)14(18)17-13(10)7-12/h1-2,6-7,9,16H,3-5,8H2,(H,17,18). The van der Waals surface area contributed by atoms with Crippen LogP contribution >= 0.6 is 11.6 Å². The Balaban J connectivity index is 1.99. The third kappa shape index (κ3) is 2.28. The van der Waals surface area contributed by atoms with Gasteiger partial charge in [-0.15, -0.1) is 0 Å². The Bertz CT molecular complexity index is 629. The van der Waals surface area contributed by atoms with Crippen LogP contribution in [-0.2, 0) is 6.42 Å². The van der Waals surface area contributed by atoms with Gasteiger partial charge in [-0.2, -0.15) is 0 Å². The number of halogens is 1. The highest BCUT2D eigenvalue weighted by molar-refractivity contribution is 6.31. The normalized spacial score (nSPS) is 19.5. The van der Waals surface area contributed by atoms with Crippen molar-refractivity contribution in [2.24, 2.45) is 5.92 Å². The monoisotopic (exact) mass is 262 g/mol. The Labute approximate surface area is 110 Å². The number of pyridine rings is 1. The molecule has 0 amide bonds. The molecule has 1 atom stereocenters. The molecule has 0 aliphatic carbocycles. The average molecular weight is 263 g/mol. The SMILES string of the molecule is O=c1[nH]c2cc(Cl)ccc2cc1CC1CCNC1. The zero-order chi connectivity index (χ0) is 12.5. The highest BCUT2D eigenvalue weighted by atomic mass is 35.5. The summed E-state index contributed by atoms with van der Waals surface area (Å²) in [5.41, 5.74) is 1.69. The number of aromatic amines is 1. The lowest BCUT2D eigenvalue weighted by Crippen LogP contribution is -2.18. The van der Waals surface area contributed by atoms with Crippen LogP contribution in [0.15, 0.2) is 29.1 Å². The first-order valence-corrected chi connectivity index (χ1v) is 6.62. The molecule has 2 N–H and O–H groups in total. The van der Waals surface area contributed by atoms with Gasteiger partial charge in [0.05, 0.1) is 0 Å². The van der Waals surface area contributed by atoms with E-state index in [9.17, 15) is 4.79 Å². The van der Waals surface area contributed by atoms with Gasteiger partial charge in [0.25, 0.3) is 5.56 Å². The Morgan fingerprint density at radius 1 is 1.33 bits per heavy atom. The van der Waals surface area contributed by atoms with Crippen LogP contribution in [0.4, 0.5) is 0 Å². The van der Waals surface area contributed by atoms with Crippen molar-refractivity contribution in [1.29, 1.82) is 0 Å². The topological polar surface area (TPSA) is 44.9 Å². The second-order valence-corrected chi connectivity index (χ2v) is 5.35. The highest BCUT2D eigenvalue weighted by Gasteiger charge is 2.16. The minimum absolute atomic E-state index is 0.0108. The molecule has 4 heteroatoms. The maximum absolute atomic E-state index is 12.0. The van der Waals surface area contributed by atoms with Crippen LogP contribution < -0.4 is 10.9 Å². The van der Waals surface area contributed by atoms with Crippen LogP contribution in [0.2, 0.25) is 5.02 Å². The van der Waals surface area contributed by atoms with Gasteiger partial charge in [0.2, 0.25) is 0 Å². The molecule has 1 unspecified atom stereocenters. The summed E-state index contributed by atoms with van der Waals surface area (Å²) in [4.78, 5) is 14.9. The lowest BCUT2D eigenvalue weighted by molar-refractivity contribution is 0.577. The summed E-state index contributed by atoms with van der Waals surface area (Å²) in [5, 5.41) is 5.01. The summed E-state index contributed by atoms with van der Waals surface area (Å²) >= 11 is 5.92. The second-order valence-electron chi connectivity index (χ2n) is 4.92. The first kappa shape index (κ1) is 11.8. The van der Waals surface area contributed by atoms with Crippen molar-refractivity contribution in [2.75, 3.05) is 13.1 Å². The number of benzene rings is 1. The van der Waals surface area contributed by atoms with E-state index >= 15 is 0 Å². The number of fused-ring (bicyclic) bond motifs is 1. The van der Waals surface area contributed by atoms with Crippen molar-refractivity contribution in [3.8, 4) is 0 Å². The molecule has 3 rings (SSSR count). The number of nitrogens with one attached hydrogen (secondary N) is 2. The maximum atomic E-state index is 12.0. The zero-order valence-corrected chi connectivity index (χ0v) is 10.8. The van der Waals surface area contributed by atoms with Crippen LogP contribution in [0.1, 0.15) is 12.0 Å². The van der Waals surface area contributed by atoms with Crippen LogP contribution in [-0.4, -0.2) is 18.1 Å². The predicted octanol–water partition coefficient (Wildman–Crippen LogP) is 2.33. The second kappa shape index (κ2) is 4.75. The van der Waals surface area contributed by atoms with Crippen LogP contribution in [0, 0.1) is 5.92 Å². The molecule has 1 aliphatic rings. The first-order valence-electron chi connectivity index (χ1n) is 6.24. The van der Waals surface area contributed by atoms with Gasteiger partial charge in [-0.3, -0.25) is 4.79 Å². The predicted molar refractivity (Wildman–Crippen MR) is 74.3 cm³/mol. The third-order valence-corrected chi connectivity index (χ3v) is 3.79. The van der Waals surface area contributed by atoms with E-state index in [1.807, 2.05) is 18.2 Å². The summed E-state index contributed by atoms with van der Waals surface area (Å²) in [6.45, 7) is 2.07. The van der Waals surface area contributed by atoms with E-state index in [1.165, 1.54) is 0 Å². The Morgan fingerprint density at radius 2 is 2.22 bits per heavy atom. The molecule has 1 aliphatic heterocycles. The molecule has 18 heavy (non-hydrogen) atoms. The number of H-pyrrole nitrogens is 1. The Kier molecular flexibility index (Phi) is 3.10. The molecule has 0 saturated carbocycles. The van der Waals surface area contributed by atoms with Crippen molar-refractivity contribution in [2.45, 2.75) is 12.8 Å². The van der Waals surface area contributed by atoms with E-state index in [4.69, 9.17) is 11.6 Å². The molecule has 1 fully saturated rings. The van der Waals surface area contributed by atoms with Crippen LogP contribution in [0.25, 0.3) is 10.9 Å². The molecule has 3 nitrogen and oxygen atoms in total. The molecule has 1 aromatic heterocycles. The van der Waals surface area contributed by atoms with E-state index in [-0.39, 0.29) is 5.56 Å². The van der Waals surface area contributed by atoms with Gasteiger partial charge in [-0.1, -0.05) is 17.7 Å². The van der Waals surface area contributed by atoms with E-state index in [2.05, 4.69) is 10.3 Å². The zero-order valence-electron chi connectivity index (χ0n) is 10.0. The maximum Gasteiger partial charge on any atom is 0.251 e. The third-order valence-electron chi connectivity index (χ3n) is 3.56. The molecule has 0 radical (unpaired) electrons.